The molecule has 4 aromatic heterocycles. The molecule has 0 aliphatic carbocycles. The van der Waals surface area contributed by atoms with Crippen LogP contribution in [0.5, 0.6) is 0 Å². The molecule has 5 heteroatoms. The average Bonchev–Trinajstić information content (AvgIpc) is 3.71. The Hall–Kier alpha value is -5.22. The first-order chi connectivity index (χ1) is 34.4. The summed E-state index contributed by atoms with van der Waals surface area (Å²) in [7, 11) is 0. The van der Waals surface area contributed by atoms with E-state index >= 15 is 0 Å². The van der Waals surface area contributed by atoms with Crippen molar-refractivity contribution < 1.29 is 45.1 Å². The molecule has 0 spiro atoms. The largest absolute Gasteiger partial charge is 0.486 e. The van der Waals surface area contributed by atoms with Gasteiger partial charge in [-0.2, -0.15) is 0 Å². The molecule has 0 atom stereocenters. The molecule has 0 amide bonds. The maximum absolute atomic E-state index is 9.30. The molecule has 0 saturated carbocycles. The van der Waals surface area contributed by atoms with Gasteiger partial charge in [0, 0.05) is 64.1 Å². The molecular weight excluding hydrogens is 923 g/mol. The molecule has 0 fully saturated rings. The Labute approximate surface area is 398 Å². The first kappa shape index (κ1) is 29.1. The second-order valence-electron chi connectivity index (χ2n) is 17.4. The van der Waals surface area contributed by atoms with Gasteiger partial charge >= 0.3 is 0 Å². The molecule has 61 heavy (non-hydrogen) atoms. The Morgan fingerprint density at radius 1 is 0.639 bits per heavy atom. The van der Waals surface area contributed by atoms with Gasteiger partial charge in [0.1, 0.15) is 0 Å². The van der Waals surface area contributed by atoms with Crippen molar-refractivity contribution in [1.82, 2.24) is 15.0 Å². The van der Waals surface area contributed by atoms with Crippen LogP contribution in [0.1, 0.15) is 115 Å². The van der Waals surface area contributed by atoms with Crippen molar-refractivity contribution in [2.75, 3.05) is 0 Å². The number of aryl methyl sites for hydroxylation is 3. The van der Waals surface area contributed by atoms with Gasteiger partial charge in [0.15, 0.2) is 0 Å². The third kappa shape index (κ3) is 11.4. The third-order valence-electron chi connectivity index (χ3n) is 9.58. The summed E-state index contributed by atoms with van der Waals surface area (Å²) in [5.41, 5.74) is 3.43. The number of fused-ring (bicyclic) bond motifs is 3. The van der Waals surface area contributed by atoms with E-state index in [1.54, 1.807) is 101 Å². The number of nitrogens with zero attached hydrogens (tertiary/aromatic N) is 3. The van der Waals surface area contributed by atoms with Crippen molar-refractivity contribution in [3.63, 3.8) is 0 Å². The van der Waals surface area contributed by atoms with Crippen molar-refractivity contribution in [1.29, 1.82) is 0 Å². The van der Waals surface area contributed by atoms with Crippen molar-refractivity contribution in [2.45, 2.75) is 100 Å². The first-order valence-corrected chi connectivity index (χ1v) is 19.8. The van der Waals surface area contributed by atoms with Gasteiger partial charge in [0.25, 0.3) is 0 Å². The zero-order valence-electron chi connectivity index (χ0n) is 50.6. The van der Waals surface area contributed by atoms with E-state index in [0.29, 0.717) is 44.4 Å². The van der Waals surface area contributed by atoms with Crippen molar-refractivity contribution >= 4 is 22.1 Å². The fourth-order valence-corrected chi connectivity index (χ4v) is 6.94. The van der Waals surface area contributed by atoms with E-state index in [1.807, 2.05) is 57.2 Å². The van der Waals surface area contributed by atoms with Crippen LogP contribution in [0.15, 0.2) is 126 Å². The molecule has 8 aromatic rings. The van der Waals surface area contributed by atoms with E-state index in [2.05, 4.69) is 27.1 Å². The third-order valence-corrected chi connectivity index (χ3v) is 9.58. The van der Waals surface area contributed by atoms with E-state index in [1.165, 1.54) is 18.3 Å². The number of aromatic nitrogens is 3. The number of hydrogen-bond donors (Lipinski definition) is 0. The van der Waals surface area contributed by atoms with Crippen LogP contribution < -0.4 is 0 Å². The molecule has 0 unspecified atom stereocenters. The van der Waals surface area contributed by atoms with Crippen LogP contribution in [-0.2, 0) is 44.6 Å². The predicted molar refractivity (Wildman–Crippen MR) is 251 cm³/mol. The van der Waals surface area contributed by atoms with Crippen LogP contribution >= 0.6 is 0 Å². The van der Waals surface area contributed by atoms with Crippen LogP contribution in [0.4, 0.5) is 0 Å². The van der Waals surface area contributed by atoms with E-state index in [4.69, 9.17) is 22.2 Å². The molecule has 4 nitrogen and oxygen atoms in total. The van der Waals surface area contributed by atoms with Gasteiger partial charge in [-0.15, -0.1) is 53.6 Å². The fourth-order valence-electron chi connectivity index (χ4n) is 6.94. The minimum Gasteiger partial charge on any atom is -0.486 e. The fraction of sp³-hybridized carbons (Fsp3) is 0.304. The molecule has 4 heterocycles. The number of rotatable bonds is 8. The van der Waals surface area contributed by atoms with Gasteiger partial charge in [-0.3, -0.25) is 0 Å². The Morgan fingerprint density at radius 2 is 1.33 bits per heavy atom. The maximum atomic E-state index is 9.30. The first-order valence-electron chi connectivity index (χ1n) is 27.3. The van der Waals surface area contributed by atoms with Crippen molar-refractivity contribution in [2.24, 2.45) is 10.8 Å². The second kappa shape index (κ2) is 18.4. The zero-order chi connectivity index (χ0) is 55.7. The van der Waals surface area contributed by atoms with Gasteiger partial charge in [-0.05, 0) is 118 Å². The summed E-state index contributed by atoms with van der Waals surface area (Å²) in [6, 6.07) is 36.5. The summed E-state index contributed by atoms with van der Waals surface area (Å²) >= 11 is 0. The quantitative estimate of drug-likeness (QED) is 0.142. The second-order valence-corrected chi connectivity index (χ2v) is 17.4. The minimum atomic E-state index is -2.61. The maximum Gasteiger partial charge on any atom is 0.216 e. The topological polar surface area (TPSA) is 51.8 Å². The van der Waals surface area contributed by atoms with Crippen LogP contribution in [0.3, 0.4) is 0 Å². The summed E-state index contributed by atoms with van der Waals surface area (Å²) < 4.78 is 129. The Morgan fingerprint density at radius 3 is 1.95 bits per heavy atom. The van der Waals surface area contributed by atoms with Crippen LogP contribution in [0, 0.1) is 43.5 Å². The molecule has 0 saturated heterocycles. The average molecular weight is 997 g/mol. The summed E-state index contributed by atoms with van der Waals surface area (Å²) in [5, 5.41) is 1.23. The summed E-state index contributed by atoms with van der Waals surface area (Å²) in [6.07, 6.45) is -2.27. The summed E-state index contributed by atoms with van der Waals surface area (Å²) in [6.45, 7) is 7.17. The summed E-state index contributed by atoms with van der Waals surface area (Å²) in [5.74, 6) is 0. The monoisotopic (exact) mass is 998 g/mol. The van der Waals surface area contributed by atoms with Crippen LogP contribution in [0.25, 0.3) is 55.7 Å². The number of benzene rings is 4. The summed E-state index contributed by atoms with van der Waals surface area (Å²) in [4.78, 5) is 13.1. The van der Waals surface area contributed by atoms with E-state index in [-0.39, 0.29) is 53.8 Å². The SMILES string of the molecule is [2H]C([2H])([2H])c1c[c-]c(-c2cc(-c3ccc(C([2H])([2H])C(C)(C)C)cc3)ccn2)cc1.[2H]C([2H])([2H])c1ccc2c(n1)oc1c(-c3cc(C(C)(C)C([2H])([2H])c4ccc(C([2H])([2H])C(C)(C)C)cc4)c(C([2H])([2H])[2H])cn3)[c-]ccc12.[Ir]. The Balaban J connectivity index is 0.000000269. The van der Waals surface area contributed by atoms with Crippen LogP contribution in [-0.4, -0.2) is 15.0 Å². The van der Waals surface area contributed by atoms with Crippen molar-refractivity contribution in [3.8, 4) is 33.6 Å². The van der Waals surface area contributed by atoms with Gasteiger partial charge in [0.05, 0.1) is 5.58 Å². The standard InChI is InChI=1S/C33H35N2O.C23H24N.Ir/c1-21-20-34-29(27-10-8-9-25-26-16-11-22(2)35-31(26)36-30(25)27)17-28(21)33(6,7)19-24-14-12-23(13-15-24)18-32(3,4)5;1-17-5-9-20(10-6-17)22-15-21(13-14-24-22)19-11-7-18(8-12-19)16-23(2,3)4;/h8-9,11-17,20H,18-19H2,1-7H3;5-9,11-15H,16H2,1-4H3;/q2*-1;/i1D3,2D3,18D2,19D2;1D3,16D2;. The Bertz CT molecular complexity index is 3350. The smallest absolute Gasteiger partial charge is 0.216 e. The number of furan rings is 1. The predicted octanol–water partition coefficient (Wildman–Crippen LogP) is 14.7. The van der Waals surface area contributed by atoms with Crippen molar-refractivity contribution in [3.05, 3.63) is 173 Å². The zero-order valence-corrected chi connectivity index (χ0v) is 38.0. The molecule has 1 radical (unpaired) electrons. The molecule has 0 aliphatic heterocycles. The number of hydrogen-bond acceptors (Lipinski definition) is 4. The number of pyridine rings is 3. The minimum absolute atomic E-state index is 0. The molecular formula is C56H59IrN3O-2. The van der Waals surface area contributed by atoms with E-state index in [0.717, 1.165) is 16.7 Å². The molecule has 4 aromatic carbocycles. The molecule has 8 rings (SSSR count). The molecule has 0 bridgehead atoms. The van der Waals surface area contributed by atoms with Gasteiger partial charge in [-0.25, -0.2) is 4.98 Å². The van der Waals surface area contributed by atoms with Crippen LogP contribution in [0.2, 0.25) is 0 Å². The molecule has 0 N–H and O–H groups in total. The normalized spacial score (nSPS) is 16.9. The van der Waals surface area contributed by atoms with E-state index in [9.17, 15) is 2.74 Å². The van der Waals surface area contributed by atoms with Gasteiger partial charge in [-0.1, -0.05) is 134 Å². The van der Waals surface area contributed by atoms with Gasteiger partial charge in [0.2, 0.25) is 5.71 Å². The molecule has 315 valence electrons. The van der Waals surface area contributed by atoms with E-state index < -0.39 is 55.9 Å². The van der Waals surface area contributed by atoms with Gasteiger partial charge < -0.3 is 14.4 Å². The Kier molecular flexibility index (Phi) is 8.79. The molecule has 0 aliphatic rings.